The van der Waals surface area contributed by atoms with Crippen molar-refractivity contribution >= 4 is 23.3 Å². The van der Waals surface area contributed by atoms with E-state index in [-0.39, 0.29) is 17.2 Å². The van der Waals surface area contributed by atoms with Gasteiger partial charge in [-0.2, -0.15) is 0 Å². The minimum atomic E-state index is -1.10. The van der Waals surface area contributed by atoms with Crippen LogP contribution in [0.5, 0.6) is 0 Å². The maximum Gasteiger partial charge on any atom is 0.337 e. The van der Waals surface area contributed by atoms with E-state index in [1.165, 1.54) is 13.2 Å². The molecule has 1 aromatic carbocycles. The molecular weight excluding hydrogens is 260 g/mol. The number of nitrogens with two attached hydrogens (primary N) is 1. The number of esters is 1. The number of aromatic carboxylic acids is 1. The monoisotopic (exact) mass is 280 g/mol. The second-order valence-corrected chi connectivity index (χ2v) is 4.95. The van der Waals surface area contributed by atoms with Crippen molar-refractivity contribution in [1.82, 2.24) is 0 Å². The SMILES string of the molecule is COC(=O)C(Nc1cc(C)c(N)c(C(=O)O)c1)C(C)C. The molecule has 1 rings (SSSR count). The van der Waals surface area contributed by atoms with Crippen LogP contribution >= 0.6 is 0 Å². The molecule has 4 N–H and O–H groups in total. The van der Waals surface area contributed by atoms with E-state index in [2.05, 4.69) is 5.32 Å². The number of ether oxygens (including phenoxy) is 1. The summed E-state index contributed by atoms with van der Waals surface area (Å²) in [7, 11) is 1.32. The predicted octanol–water partition coefficient (Wildman–Crippen LogP) is 1.88. The van der Waals surface area contributed by atoms with E-state index >= 15 is 0 Å². The summed E-state index contributed by atoms with van der Waals surface area (Å²) >= 11 is 0. The lowest BCUT2D eigenvalue weighted by Crippen LogP contribution is -2.35. The van der Waals surface area contributed by atoms with Crippen molar-refractivity contribution in [3.05, 3.63) is 23.3 Å². The molecule has 0 aliphatic carbocycles. The van der Waals surface area contributed by atoms with Gasteiger partial charge in [-0.25, -0.2) is 9.59 Å². The number of rotatable bonds is 5. The third kappa shape index (κ3) is 3.40. The van der Waals surface area contributed by atoms with Gasteiger partial charge in [0.2, 0.25) is 0 Å². The highest BCUT2D eigenvalue weighted by Crippen LogP contribution is 2.24. The van der Waals surface area contributed by atoms with Gasteiger partial charge in [0.1, 0.15) is 6.04 Å². The van der Waals surface area contributed by atoms with E-state index in [0.717, 1.165) is 0 Å². The highest BCUT2D eigenvalue weighted by Gasteiger charge is 2.23. The summed E-state index contributed by atoms with van der Waals surface area (Å²) in [6.07, 6.45) is 0. The van der Waals surface area contributed by atoms with E-state index < -0.39 is 18.0 Å². The number of carboxylic acids is 1. The Morgan fingerprint density at radius 3 is 2.40 bits per heavy atom. The summed E-state index contributed by atoms with van der Waals surface area (Å²) in [5.41, 5.74) is 7.13. The minimum Gasteiger partial charge on any atom is -0.478 e. The molecule has 20 heavy (non-hydrogen) atoms. The second kappa shape index (κ2) is 6.27. The maximum atomic E-state index is 11.7. The number of methoxy groups -OCH3 is 1. The fourth-order valence-electron chi connectivity index (χ4n) is 1.86. The molecule has 110 valence electrons. The fourth-order valence-corrected chi connectivity index (χ4v) is 1.86. The van der Waals surface area contributed by atoms with Crippen LogP contribution in [0.3, 0.4) is 0 Å². The van der Waals surface area contributed by atoms with Gasteiger partial charge in [-0.05, 0) is 30.5 Å². The van der Waals surface area contributed by atoms with Gasteiger partial charge in [0, 0.05) is 11.4 Å². The summed E-state index contributed by atoms with van der Waals surface area (Å²) in [5.74, 6) is -1.51. The molecule has 0 fully saturated rings. The largest absolute Gasteiger partial charge is 0.478 e. The van der Waals surface area contributed by atoms with Crippen molar-refractivity contribution in [3.8, 4) is 0 Å². The van der Waals surface area contributed by atoms with Crippen LogP contribution in [-0.2, 0) is 9.53 Å². The van der Waals surface area contributed by atoms with Crippen LogP contribution in [0, 0.1) is 12.8 Å². The number of carboxylic acid groups (broad SMARTS) is 1. The molecular formula is C14H20N2O4. The van der Waals surface area contributed by atoms with Gasteiger partial charge in [-0.15, -0.1) is 0 Å². The van der Waals surface area contributed by atoms with Crippen molar-refractivity contribution in [2.24, 2.45) is 5.92 Å². The van der Waals surface area contributed by atoms with Gasteiger partial charge in [0.25, 0.3) is 0 Å². The Labute approximate surface area is 117 Å². The van der Waals surface area contributed by atoms with Crippen LogP contribution < -0.4 is 11.1 Å². The van der Waals surface area contributed by atoms with Crippen molar-refractivity contribution in [3.63, 3.8) is 0 Å². The Morgan fingerprint density at radius 1 is 1.35 bits per heavy atom. The smallest absolute Gasteiger partial charge is 0.337 e. The molecule has 6 nitrogen and oxygen atoms in total. The van der Waals surface area contributed by atoms with Crippen LogP contribution in [-0.4, -0.2) is 30.2 Å². The van der Waals surface area contributed by atoms with Crippen molar-refractivity contribution in [2.75, 3.05) is 18.2 Å². The average molecular weight is 280 g/mol. The van der Waals surface area contributed by atoms with Crippen LogP contribution in [0.4, 0.5) is 11.4 Å². The summed E-state index contributed by atoms with van der Waals surface area (Å²) in [6, 6.07) is 2.58. The number of aryl methyl sites for hydroxylation is 1. The summed E-state index contributed by atoms with van der Waals surface area (Å²) < 4.78 is 4.74. The minimum absolute atomic E-state index is 0.00594. The number of hydrogen-bond acceptors (Lipinski definition) is 5. The number of benzene rings is 1. The molecule has 0 saturated carbocycles. The van der Waals surface area contributed by atoms with E-state index in [1.807, 2.05) is 13.8 Å². The highest BCUT2D eigenvalue weighted by atomic mass is 16.5. The average Bonchev–Trinajstić information content (AvgIpc) is 2.38. The first kappa shape index (κ1) is 15.8. The Morgan fingerprint density at radius 2 is 1.95 bits per heavy atom. The Balaban J connectivity index is 3.14. The van der Waals surface area contributed by atoms with Crippen LogP contribution in [0.2, 0.25) is 0 Å². The molecule has 0 spiro atoms. The van der Waals surface area contributed by atoms with Gasteiger partial charge in [-0.3, -0.25) is 0 Å². The lowest BCUT2D eigenvalue weighted by atomic mass is 10.0. The lowest BCUT2D eigenvalue weighted by molar-refractivity contribution is -0.142. The fraction of sp³-hybridized carbons (Fsp3) is 0.429. The number of nitrogens with one attached hydrogen (secondary N) is 1. The second-order valence-electron chi connectivity index (χ2n) is 4.95. The molecule has 0 saturated heterocycles. The number of anilines is 2. The molecule has 1 unspecified atom stereocenters. The zero-order valence-electron chi connectivity index (χ0n) is 12.1. The topological polar surface area (TPSA) is 102 Å². The Kier molecular flexibility index (Phi) is 4.96. The molecule has 0 amide bonds. The quantitative estimate of drug-likeness (QED) is 0.562. The molecule has 0 aliphatic rings. The highest BCUT2D eigenvalue weighted by molar-refractivity contribution is 5.96. The first-order chi connectivity index (χ1) is 9.27. The number of hydrogen-bond donors (Lipinski definition) is 3. The molecule has 0 bridgehead atoms. The van der Waals surface area contributed by atoms with Gasteiger partial charge in [-0.1, -0.05) is 13.8 Å². The summed E-state index contributed by atoms with van der Waals surface area (Å²) in [4.78, 5) is 22.8. The molecule has 6 heteroatoms. The van der Waals surface area contributed by atoms with Gasteiger partial charge in [0.15, 0.2) is 0 Å². The molecule has 0 aromatic heterocycles. The number of nitrogen functional groups attached to an aromatic ring is 1. The van der Waals surface area contributed by atoms with E-state index in [9.17, 15) is 9.59 Å². The maximum absolute atomic E-state index is 11.7. The molecule has 1 atom stereocenters. The molecule has 0 radical (unpaired) electrons. The third-order valence-corrected chi connectivity index (χ3v) is 3.06. The molecule has 1 aromatic rings. The van der Waals surface area contributed by atoms with Crippen molar-refractivity contribution in [2.45, 2.75) is 26.8 Å². The normalized spacial score (nSPS) is 12.1. The Bertz CT molecular complexity index is 526. The van der Waals surface area contributed by atoms with Crippen molar-refractivity contribution < 1.29 is 19.4 Å². The van der Waals surface area contributed by atoms with Gasteiger partial charge in [0.05, 0.1) is 12.7 Å². The number of carbonyl (C=O) groups excluding carboxylic acids is 1. The van der Waals surface area contributed by atoms with E-state index in [0.29, 0.717) is 11.3 Å². The first-order valence-corrected chi connectivity index (χ1v) is 6.25. The molecule has 0 aliphatic heterocycles. The van der Waals surface area contributed by atoms with E-state index in [4.69, 9.17) is 15.6 Å². The summed E-state index contributed by atoms with van der Waals surface area (Å²) in [5, 5.41) is 12.1. The lowest BCUT2D eigenvalue weighted by Gasteiger charge is -2.22. The predicted molar refractivity (Wildman–Crippen MR) is 76.8 cm³/mol. The molecule has 0 heterocycles. The van der Waals surface area contributed by atoms with E-state index in [1.54, 1.807) is 13.0 Å². The zero-order chi connectivity index (χ0) is 15.4. The number of carbonyl (C=O) groups is 2. The first-order valence-electron chi connectivity index (χ1n) is 6.25. The third-order valence-electron chi connectivity index (χ3n) is 3.06. The Hall–Kier alpha value is -2.24. The standard InChI is InChI=1S/C14H20N2O4/c1-7(2)12(14(19)20-4)16-9-5-8(3)11(15)10(6-9)13(17)18/h5-7,12,16H,15H2,1-4H3,(H,17,18). The zero-order valence-corrected chi connectivity index (χ0v) is 12.1. The van der Waals surface area contributed by atoms with Crippen LogP contribution in [0.25, 0.3) is 0 Å². The summed E-state index contributed by atoms with van der Waals surface area (Å²) in [6.45, 7) is 5.46. The van der Waals surface area contributed by atoms with Gasteiger partial charge < -0.3 is 20.9 Å². The van der Waals surface area contributed by atoms with Gasteiger partial charge >= 0.3 is 11.9 Å². The van der Waals surface area contributed by atoms with Crippen molar-refractivity contribution in [1.29, 1.82) is 0 Å². The van der Waals surface area contributed by atoms with Crippen LogP contribution in [0.1, 0.15) is 29.8 Å². The van der Waals surface area contributed by atoms with Crippen LogP contribution in [0.15, 0.2) is 12.1 Å².